The molecule has 0 fully saturated rings. The second-order valence-electron chi connectivity index (χ2n) is 4.03. The standard InChI is InChI=1S/C13H15ClN4O/c1-9-3-2-4-10(7-9)19-6-5-16-12-11(15)8-17-13(14)18-12/h2-4,7-8H,5-6,15H2,1H3,(H,16,17,18). The van der Waals surface area contributed by atoms with Crippen LogP contribution in [0.3, 0.4) is 0 Å². The normalized spacial score (nSPS) is 10.2. The van der Waals surface area contributed by atoms with E-state index in [-0.39, 0.29) is 5.28 Å². The first-order chi connectivity index (χ1) is 9.15. The van der Waals surface area contributed by atoms with Crippen molar-refractivity contribution in [3.63, 3.8) is 0 Å². The Morgan fingerprint density at radius 2 is 2.26 bits per heavy atom. The molecule has 0 aliphatic rings. The summed E-state index contributed by atoms with van der Waals surface area (Å²) in [5.74, 6) is 1.36. The van der Waals surface area contributed by atoms with E-state index in [1.54, 1.807) is 0 Å². The number of hydrogen-bond acceptors (Lipinski definition) is 5. The molecule has 0 amide bonds. The van der Waals surface area contributed by atoms with Gasteiger partial charge in [-0.15, -0.1) is 0 Å². The van der Waals surface area contributed by atoms with Crippen LogP contribution in [0.2, 0.25) is 5.28 Å². The van der Waals surface area contributed by atoms with Crippen molar-refractivity contribution in [1.82, 2.24) is 9.97 Å². The number of nitrogens with one attached hydrogen (secondary N) is 1. The lowest BCUT2D eigenvalue weighted by molar-refractivity contribution is 0.332. The smallest absolute Gasteiger partial charge is 0.224 e. The van der Waals surface area contributed by atoms with Gasteiger partial charge in [-0.3, -0.25) is 0 Å². The number of nitrogens with zero attached hydrogens (tertiary/aromatic N) is 2. The molecule has 2 rings (SSSR count). The summed E-state index contributed by atoms with van der Waals surface area (Å²) < 4.78 is 5.60. The molecule has 1 aromatic carbocycles. The lowest BCUT2D eigenvalue weighted by Gasteiger charge is -2.09. The molecule has 0 spiro atoms. The summed E-state index contributed by atoms with van der Waals surface area (Å²) in [5.41, 5.74) is 7.34. The number of nitrogen functional groups attached to an aromatic ring is 1. The van der Waals surface area contributed by atoms with Crippen molar-refractivity contribution >= 4 is 23.1 Å². The third-order valence-corrected chi connectivity index (χ3v) is 2.62. The SMILES string of the molecule is Cc1cccc(OCCNc2nc(Cl)ncc2N)c1. The van der Waals surface area contributed by atoms with Crippen molar-refractivity contribution in [3.05, 3.63) is 41.3 Å². The summed E-state index contributed by atoms with van der Waals surface area (Å²) >= 11 is 5.69. The summed E-state index contributed by atoms with van der Waals surface area (Å²) in [4.78, 5) is 7.78. The minimum atomic E-state index is 0.163. The number of aromatic nitrogens is 2. The highest BCUT2D eigenvalue weighted by molar-refractivity contribution is 6.28. The first-order valence-electron chi connectivity index (χ1n) is 5.86. The predicted octanol–water partition coefficient (Wildman–Crippen LogP) is 2.51. The molecule has 0 atom stereocenters. The maximum absolute atomic E-state index is 5.72. The van der Waals surface area contributed by atoms with Gasteiger partial charge in [0, 0.05) is 0 Å². The Balaban J connectivity index is 1.82. The van der Waals surface area contributed by atoms with Gasteiger partial charge in [0.05, 0.1) is 18.4 Å². The summed E-state index contributed by atoms with van der Waals surface area (Å²) in [7, 11) is 0. The van der Waals surface area contributed by atoms with E-state index < -0.39 is 0 Å². The van der Waals surface area contributed by atoms with Gasteiger partial charge in [0.2, 0.25) is 5.28 Å². The van der Waals surface area contributed by atoms with Gasteiger partial charge in [0.1, 0.15) is 12.4 Å². The molecule has 6 heteroatoms. The molecule has 100 valence electrons. The Kier molecular flexibility index (Phi) is 4.41. The van der Waals surface area contributed by atoms with Crippen molar-refractivity contribution in [2.45, 2.75) is 6.92 Å². The second kappa shape index (κ2) is 6.24. The maximum Gasteiger partial charge on any atom is 0.224 e. The van der Waals surface area contributed by atoms with E-state index in [0.29, 0.717) is 24.7 Å². The zero-order valence-corrected chi connectivity index (χ0v) is 11.3. The van der Waals surface area contributed by atoms with Crippen LogP contribution in [0.5, 0.6) is 5.75 Å². The molecule has 1 aromatic heterocycles. The highest BCUT2D eigenvalue weighted by Gasteiger charge is 2.02. The number of rotatable bonds is 5. The molecule has 0 radical (unpaired) electrons. The van der Waals surface area contributed by atoms with E-state index in [0.717, 1.165) is 11.3 Å². The van der Waals surface area contributed by atoms with Crippen LogP contribution in [0.1, 0.15) is 5.56 Å². The quantitative estimate of drug-likeness (QED) is 0.649. The third kappa shape index (κ3) is 3.99. The van der Waals surface area contributed by atoms with Crippen LogP contribution in [0.15, 0.2) is 30.5 Å². The van der Waals surface area contributed by atoms with Crippen LogP contribution in [0.4, 0.5) is 11.5 Å². The van der Waals surface area contributed by atoms with Gasteiger partial charge < -0.3 is 15.8 Å². The Bertz CT molecular complexity index is 562. The van der Waals surface area contributed by atoms with Gasteiger partial charge in [-0.05, 0) is 36.2 Å². The number of benzene rings is 1. The van der Waals surface area contributed by atoms with Gasteiger partial charge in [-0.25, -0.2) is 4.98 Å². The van der Waals surface area contributed by atoms with Crippen LogP contribution in [0.25, 0.3) is 0 Å². The van der Waals surface area contributed by atoms with Crippen LogP contribution >= 0.6 is 11.6 Å². The third-order valence-electron chi connectivity index (χ3n) is 2.44. The maximum atomic E-state index is 5.72. The number of halogens is 1. The van der Waals surface area contributed by atoms with Crippen molar-refractivity contribution in [2.75, 3.05) is 24.2 Å². The molecule has 5 nitrogen and oxygen atoms in total. The Labute approximate surface area is 116 Å². The van der Waals surface area contributed by atoms with Gasteiger partial charge in [0.25, 0.3) is 0 Å². The van der Waals surface area contributed by atoms with E-state index in [1.807, 2.05) is 31.2 Å². The van der Waals surface area contributed by atoms with Crippen molar-refractivity contribution in [1.29, 1.82) is 0 Å². The molecular formula is C13H15ClN4O. The van der Waals surface area contributed by atoms with Gasteiger partial charge in [0.15, 0.2) is 5.82 Å². The lowest BCUT2D eigenvalue weighted by atomic mass is 10.2. The first-order valence-corrected chi connectivity index (χ1v) is 6.24. The Morgan fingerprint density at radius 1 is 1.42 bits per heavy atom. The fourth-order valence-electron chi connectivity index (χ4n) is 1.55. The molecule has 2 aromatic rings. The summed E-state index contributed by atoms with van der Waals surface area (Å²) in [6.07, 6.45) is 1.47. The average molecular weight is 279 g/mol. The Hall–Kier alpha value is -2.01. The zero-order chi connectivity index (χ0) is 13.7. The highest BCUT2D eigenvalue weighted by Crippen LogP contribution is 2.16. The predicted molar refractivity (Wildman–Crippen MR) is 76.6 cm³/mol. The minimum Gasteiger partial charge on any atom is -0.492 e. The molecular weight excluding hydrogens is 264 g/mol. The molecule has 0 aliphatic heterocycles. The molecule has 0 saturated heterocycles. The van der Waals surface area contributed by atoms with Crippen LogP contribution in [-0.4, -0.2) is 23.1 Å². The zero-order valence-electron chi connectivity index (χ0n) is 10.6. The van der Waals surface area contributed by atoms with E-state index >= 15 is 0 Å². The number of anilines is 2. The number of aryl methyl sites for hydroxylation is 1. The molecule has 3 N–H and O–H groups in total. The second-order valence-corrected chi connectivity index (χ2v) is 4.37. The van der Waals surface area contributed by atoms with Gasteiger partial charge >= 0.3 is 0 Å². The van der Waals surface area contributed by atoms with Crippen LogP contribution in [-0.2, 0) is 0 Å². The molecule has 0 saturated carbocycles. The molecule has 0 aliphatic carbocycles. The minimum absolute atomic E-state index is 0.163. The summed E-state index contributed by atoms with van der Waals surface area (Å²) in [6.45, 7) is 3.10. The van der Waals surface area contributed by atoms with E-state index in [2.05, 4.69) is 15.3 Å². The molecule has 0 unspecified atom stereocenters. The van der Waals surface area contributed by atoms with Crippen LogP contribution in [0, 0.1) is 6.92 Å². The van der Waals surface area contributed by atoms with Gasteiger partial charge in [-0.1, -0.05) is 12.1 Å². The molecule has 1 heterocycles. The largest absolute Gasteiger partial charge is 0.492 e. The first kappa shape index (κ1) is 13.4. The van der Waals surface area contributed by atoms with Crippen molar-refractivity contribution in [2.24, 2.45) is 0 Å². The fourth-order valence-corrected chi connectivity index (χ4v) is 1.69. The van der Waals surface area contributed by atoms with E-state index in [4.69, 9.17) is 22.1 Å². The van der Waals surface area contributed by atoms with Crippen molar-refractivity contribution < 1.29 is 4.74 Å². The van der Waals surface area contributed by atoms with E-state index in [9.17, 15) is 0 Å². The molecule has 0 bridgehead atoms. The fraction of sp³-hybridized carbons (Fsp3) is 0.231. The number of ether oxygens (including phenoxy) is 1. The van der Waals surface area contributed by atoms with E-state index in [1.165, 1.54) is 6.20 Å². The lowest BCUT2D eigenvalue weighted by Crippen LogP contribution is -2.13. The summed E-state index contributed by atoms with van der Waals surface area (Å²) in [6, 6.07) is 7.88. The monoisotopic (exact) mass is 278 g/mol. The topological polar surface area (TPSA) is 73.1 Å². The van der Waals surface area contributed by atoms with Crippen molar-refractivity contribution in [3.8, 4) is 5.75 Å². The average Bonchev–Trinajstić information content (AvgIpc) is 2.39. The van der Waals surface area contributed by atoms with Crippen LogP contribution < -0.4 is 15.8 Å². The summed E-state index contributed by atoms with van der Waals surface area (Å²) in [5, 5.41) is 3.22. The molecule has 19 heavy (non-hydrogen) atoms. The van der Waals surface area contributed by atoms with Gasteiger partial charge in [-0.2, -0.15) is 4.98 Å². The number of hydrogen-bond donors (Lipinski definition) is 2. The number of nitrogens with two attached hydrogens (primary N) is 1. The Morgan fingerprint density at radius 3 is 3.05 bits per heavy atom. The highest BCUT2D eigenvalue weighted by atomic mass is 35.5.